The second kappa shape index (κ2) is 4.83. The molecule has 0 aromatic carbocycles. The molecule has 2 rings (SSSR count). The molecule has 0 saturated carbocycles. The predicted molar refractivity (Wildman–Crippen MR) is 60.0 cm³/mol. The molecule has 8 nitrogen and oxygen atoms in total. The molecule has 0 atom stereocenters. The van der Waals surface area contributed by atoms with E-state index in [9.17, 15) is 4.79 Å². The third-order valence-corrected chi connectivity index (χ3v) is 1.97. The number of azide groups is 1. The molecule has 17 heavy (non-hydrogen) atoms. The van der Waals surface area contributed by atoms with Crippen LogP contribution in [0.15, 0.2) is 16.2 Å². The van der Waals surface area contributed by atoms with Crippen molar-refractivity contribution >= 4 is 11.0 Å². The molecule has 0 aliphatic rings. The van der Waals surface area contributed by atoms with Crippen LogP contribution in [0.2, 0.25) is 0 Å². The van der Waals surface area contributed by atoms with E-state index in [0.717, 1.165) is 0 Å². The molecule has 0 amide bonds. The van der Waals surface area contributed by atoms with Crippen molar-refractivity contribution in [3.63, 3.8) is 0 Å². The van der Waals surface area contributed by atoms with Crippen LogP contribution in [0, 0.1) is 11.8 Å². The first-order valence-corrected chi connectivity index (χ1v) is 4.74. The maximum absolute atomic E-state index is 11.5. The zero-order chi connectivity index (χ0) is 12.1. The molecule has 0 unspecified atom stereocenters. The molecule has 8 heteroatoms. The van der Waals surface area contributed by atoms with E-state index >= 15 is 0 Å². The van der Waals surface area contributed by atoms with Gasteiger partial charge in [0, 0.05) is 17.9 Å². The van der Waals surface area contributed by atoms with E-state index in [1.807, 2.05) is 0 Å². The first kappa shape index (κ1) is 10.7. The number of rotatable bonds is 2. The molecular weight excluding hydrogens is 222 g/mol. The minimum Gasteiger partial charge on any atom is -0.312 e. The maximum Gasteiger partial charge on any atom is 0.263 e. The van der Waals surface area contributed by atoms with E-state index < -0.39 is 0 Å². The number of hydrogen-bond donors (Lipinski definition) is 2. The second-order valence-electron chi connectivity index (χ2n) is 3.04. The third kappa shape index (κ3) is 2.25. The van der Waals surface area contributed by atoms with Crippen molar-refractivity contribution in [1.82, 2.24) is 20.2 Å². The standard InChI is InChI=1S/C9H7N7O/c10-16-13-4-2-1-3-6-7-8(15-14-6)11-5-12-9(7)17/h5H,2,4H2,(H2,11,12,14,15,17). The van der Waals surface area contributed by atoms with E-state index in [1.54, 1.807) is 0 Å². The Morgan fingerprint density at radius 3 is 3.29 bits per heavy atom. The van der Waals surface area contributed by atoms with Crippen molar-refractivity contribution in [3.8, 4) is 11.8 Å². The Morgan fingerprint density at radius 1 is 1.59 bits per heavy atom. The van der Waals surface area contributed by atoms with Gasteiger partial charge in [0.2, 0.25) is 0 Å². The molecule has 2 N–H and O–H groups in total. The number of nitrogens with one attached hydrogen (secondary N) is 2. The zero-order valence-electron chi connectivity index (χ0n) is 8.64. The fourth-order valence-electron chi connectivity index (χ4n) is 1.26. The van der Waals surface area contributed by atoms with E-state index in [1.165, 1.54) is 6.33 Å². The average molecular weight is 229 g/mol. The number of fused-ring (bicyclic) bond motifs is 1. The Morgan fingerprint density at radius 2 is 2.47 bits per heavy atom. The van der Waals surface area contributed by atoms with Gasteiger partial charge < -0.3 is 4.98 Å². The molecule has 0 fully saturated rings. The topological polar surface area (TPSA) is 123 Å². The van der Waals surface area contributed by atoms with Crippen molar-refractivity contribution in [3.05, 3.63) is 32.8 Å². The summed E-state index contributed by atoms with van der Waals surface area (Å²) in [6.07, 6.45) is 1.70. The molecule has 0 aliphatic heterocycles. The lowest BCUT2D eigenvalue weighted by molar-refractivity contribution is 1.01. The molecular formula is C9H7N7O. The van der Waals surface area contributed by atoms with Crippen molar-refractivity contribution in [2.24, 2.45) is 5.11 Å². The SMILES string of the molecule is [N-]=[N+]=NCCC#Cc1[nH]nc2nc[nH]c(=O)c12. The Hall–Kier alpha value is -2.78. The number of aromatic amines is 2. The van der Waals surface area contributed by atoms with Crippen LogP contribution >= 0.6 is 0 Å². The third-order valence-electron chi connectivity index (χ3n) is 1.97. The normalized spacial score (nSPS) is 9.41. The summed E-state index contributed by atoms with van der Waals surface area (Å²) in [5, 5.41) is 10.2. The van der Waals surface area contributed by atoms with Gasteiger partial charge in [-0.25, -0.2) is 4.98 Å². The van der Waals surface area contributed by atoms with Crippen LogP contribution in [0.4, 0.5) is 0 Å². The van der Waals surface area contributed by atoms with Crippen LogP contribution in [0.5, 0.6) is 0 Å². The summed E-state index contributed by atoms with van der Waals surface area (Å²) >= 11 is 0. The summed E-state index contributed by atoms with van der Waals surface area (Å²) in [4.78, 5) is 20.5. The molecule has 0 saturated heterocycles. The molecule has 0 spiro atoms. The van der Waals surface area contributed by atoms with Gasteiger partial charge in [-0.2, -0.15) is 5.10 Å². The van der Waals surface area contributed by atoms with Gasteiger partial charge in [-0.15, -0.1) is 0 Å². The van der Waals surface area contributed by atoms with E-state index in [2.05, 4.69) is 42.0 Å². The Bertz CT molecular complexity index is 695. The predicted octanol–water partition coefficient (Wildman–Crippen LogP) is 0.698. The first-order chi connectivity index (χ1) is 8.33. The van der Waals surface area contributed by atoms with Crippen LogP contribution in [-0.4, -0.2) is 26.7 Å². The molecule has 0 radical (unpaired) electrons. The summed E-state index contributed by atoms with van der Waals surface area (Å²) in [7, 11) is 0. The van der Waals surface area contributed by atoms with Crippen molar-refractivity contribution in [1.29, 1.82) is 0 Å². The van der Waals surface area contributed by atoms with Gasteiger partial charge in [0.1, 0.15) is 11.1 Å². The molecule has 2 aromatic heterocycles. The Balaban J connectivity index is 2.30. The monoisotopic (exact) mass is 229 g/mol. The van der Waals surface area contributed by atoms with Crippen LogP contribution in [0.25, 0.3) is 21.5 Å². The lowest BCUT2D eigenvalue weighted by Gasteiger charge is -1.85. The van der Waals surface area contributed by atoms with Gasteiger partial charge in [-0.3, -0.25) is 9.89 Å². The number of hydrogen-bond acceptors (Lipinski definition) is 4. The van der Waals surface area contributed by atoms with Gasteiger partial charge in [-0.1, -0.05) is 11.0 Å². The first-order valence-electron chi connectivity index (χ1n) is 4.74. The van der Waals surface area contributed by atoms with Crippen LogP contribution < -0.4 is 5.56 Å². The highest BCUT2D eigenvalue weighted by molar-refractivity contribution is 5.79. The van der Waals surface area contributed by atoms with Gasteiger partial charge in [0.15, 0.2) is 5.65 Å². The van der Waals surface area contributed by atoms with Crippen molar-refractivity contribution in [2.75, 3.05) is 6.54 Å². The van der Waals surface area contributed by atoms with Gasteiger partial charge in [0.25, 0.3) is 5.56 Å². The number of nitrogens with zero attached hydrogens (tertiary/aromatic N) is 5. The van der Waals surface area contributed by atoms with Crippen molar-refractivity contribution in [2.45, 2.75) is 6.42 Å². The lowest BCUT2D eigenvalue weighted by Crippen LogP contribution is -2.05. The Kier molecular flexibility index (Phi) is 3.05. The summed E-state index contributed by atoms with van der Waals surface area (Å²) in [6.45, 7) is 0.296. The highest BCUT2D eigenvalue weighted by Crippen LogP contribution is 2.05. The van der Waals surface area contributed by atoms with Crippen molar-refractivity contribution < 1.29 is 0 Å². The fourth-order valence-corrected chi connectivity index (χ4v) is 1.26. The van der Waals surface area contributed by atoms with Crippen LogP contribution in [0.1, 0.15) is 12.1 Å². The largest absolute Gasteiger partial charge is 0.312 e. The second-order valence-corrected chi connectivity index (χ2v) is 3.04. The number of aromatic nitrogens is 4. The fraction of sp³-hybridized carbons (Fsp3) is 0.222. The highest BCUT2D eigenvalue weighted by atomic mass is 16.1. The van der Waals surface area contributed by atoms with E-state index in [-0.39, 0.29) is 5.56 Å². The minimum absolute atomic E-state index is 0.289. The zero-order valence-corrected chi connectivity index (χ0v) is 8.64. The van der Waals surface area contributed by atoms with Crippen LogP contribution in [-0.2, 0) is 0 Å². The molecule has 2 heterocycles. The average Bonchev–Trinajstić information content (AvgIpc) is 2.74. The molecule has 84 valence electrons. The lowest BCUT2D eigenvalue weighted by atomic mass is 10.3. The molecule has 0 aliphatic carbocycles. The number of H-pyrrole nitrogens is 2. The van der Waals surface area contributed by atoms with Gasteiger partial charge in [0.05, 0.1) is 6.33 Å². The summed E-state index contributed by atoms with van der Waals surface area (Å²) in [5.74, 6) is 5.53. The summed E-state index contributed by atoms with van der Waals surface area (Å²) in [6, 6.07) is 0. The van der Waals surface area contributed by atoms with E-state index in [4.69, 9.17) is 5.53 Å². The Labute approximate surface area is 94.7 Å². The smallest absolute Gasteiger partial charge is 0.263 e. The van der Waals surface area contributed by atoms with E-state index in [0.29, 0.717) is 29.7 Å². The summed E-state index contributed by atoms with van der Waals surface area (Å²) < 4.78 is 0. The minimum atomic E-state index is -0.289. The molecule has 2 aromatic rings. The summed E-state index contributed by atoms with van der Waals surface area (Å²) in [5.41, 5.74) is 8.52. The quantitative estimate of drug-likeness (QED) is 0.259. The van der Waals surface area contributed by atoms with Crippen LogP contribution in [0.3, 0.4) is 0 Å². The van der Waals surface area contributed by atoms with Gasteiger partial charge >= 0.3 is 0 Å². The maximum atomic E-state index is 11.5. The molecule has 0 bridgehead atoms. The van der Waals surface area contributed by atoms with Gasteiger partial charge in [-0.05, 0) is 11.5 Å². The highest BCUT2D eigenvalue weighted by Gasteiger charge is 2.07.